The molecule has 0 aliphatic rings. The van der Waals surface area contributed by atoms with E-state index in [0.717, 1.165) is 25.1 Å². The summed E-state index contributed by atoms with van der Waals surface area (Å²) in [4.78, 5) is 19.3. The van der Waals surface area contributed by atoms with Crippen LogP contribution >= 0.6 is 0 Å². The van der Waals surface area contributed by atoms with Gasteiger partial charge in [-0.15, -0.1) is 0 Å². The highest BCUT2D eigenvalue weighted by Gasteiger charge is 2.21. The Bertz CT molecular complexity index is 632. The molecule has 0 fully saturated rings. The third-order valence-corrected chi connectivity index (χ3v) is 3.52. The Kier molecular flexibility index (Phi) is 6.05. The van der Waals surface area contributed by atoms with Gasteiger partial charge in [0.05, 0.1) is 4.92 Å². The van der Waals surface area contributed by atoms with Crippen molar-refractivity contribution < 1.29 is 4.92 Å². The van der Waals surface area contributed by atoms with E-state index in [1.807, 2.05) is 49.3 Å². The van der Waals surface area contributed by atoms with Gasteiger partial charge in [0.25, 0.3) is 0 Å². The van der Waals surface area contributed by atoms with Crippen LogP contribution in [0.3, 0.4) is 0 Å². The summed E-state index contributed by atoms with van der Waals surface area (Å²) in [5, 5.41) is 11.3. The molecule has 0 saturated carbocycles. The fraction of sp³-hybridized carbons (Fsp3) is 0.353. The molecule has 2 rings (SSSR count). The monoisotopic (exact) mass is 314 g/mol. The Morgan fingerprint density at radius 3 is 2.39 bits per heavy atom. The minimum Gasteiger partial charge on any atom is -0.321 e. The van der Waals surface area contributed by atoms with Crippen molar-refractivity contribution in [3.8, 4) is 0 Å². The van der Waals surface area contributed by atoms with Crippen molar-refractivity contribution in [3.05, 3.63) is 58.8 Å². The number of hydrogen-bond donors (Lipinski definition) is 0. The molecule has 23 heavy (non-hydrogen) atoms. The molecule has 2 aromatic rings. The number of nitrogens with zero attached hydrogens (tertiary/aromatic N) is 4. The summed E-state index contributed by atoms with van der Waals surface area (Å²) >= 11 is 0. The normalized spacial score (nSPS) is 10.7. The number of unbranched alkanes of at least 4 members (excludes halogenated alkanes) is 1. The molecule has 122 valence electrons. The van der Waals surface area contributed by atoms with E-state index in [1.54, 1.807) is 12.3 Å². The first kappa shape index (κ1) is 16.9. The van der Waals surface area contributed by atoms with E-state index in [9.17, 15) is 10.1 Å². The van der Waals surface area contributed by atoms with Crippen LogP contribution in [0.2, 0.25) is 0 Å². The maximum Gasteiger partial charge on any atom is 0.311 e. The second kappa shape index (κ2) is 8.24. The summed E-state index contributed by atoms with van der Waals surface area (Å²) in [6.45, 7) is 1.68. The maximum atomic E-state index is 11.3. The molecule has 1 aromatic heterocycles. The molecule has 0 N–H and O–H groups in total. The van der Waals surface area contributed by atoms with Crippen LogP contribution in [0.1, 0.15) is 12.8 Å². The van der Waals surface area contributed by atoms with E-state index in [-0.39, 0.29) is 10.6 Å². The van der Waals surface area contributed by atoms with Crippen LogP contribution in [-0.2, 0) is 0 Å². The van der Waals surface area contributed by atoms with Crippen molar-refractivity contribution in [2.45, 2.75) is 12.8 Å². The molecule has 0 aliphatic heterocycles. The van der Waals surface area contributed by atoms with Crippen molar-refractivity contribution in [1.82, 2.24) is 9.88 Å². The lowest BCUT2D eigenvalue weighted by Crippen LogP contribution is -2.22. The standard InChI is InChI=1S/C17H22N4O2/c1-19(2)13-6-7-14-20(15-9-4-3-5-10-15)17-16(21(22)23)11-8-12-18-17/h3-5,8-12H,6-7,13-14H2,1-2H3. The first-order chi connectivity index (χ1) is 11.1. The molecule has 0 saturated heterocycles. The molecule has 0 spiro atoms. The number of benzene rings is 1. The van der Waals surface area contributed by atoms with Crippen molar-refractivity contribution in [3.63, 3.8) is 0 Å². The van der Waals surface area contributed by atoms with Gasteiger partial charge in [0.1, 0.15) is 0 Å². The zero-order valence-electron chi connectivity index (χ0n) is 13.6. The van der Waals surface area contributed by atoms with E-state index in [1.165, 1.54) is 6.07 Å². The van der Waals surface area contributed by atoms with Gasteiger partial charge in [-0.2, -0.15) is 0 Å². The summed E-state index contributed by atoms with van der Waals surface area (Å²) in [6, 6.07) is 12.8. The van der Waals surface area contributed by atoms with Crippen LogP contribution in [0.5, 0.6) is 0 Å². The SMILES string of the molecule is CN(C)CCCCN(c1ccccc1)c1ncccc1[N+](=O)[O-]. The Morgan fingerprint density at radius 1 is 1.04 bits per heavy atom. The van der Waals surface area contributed by atoms with E-state index < -0.39 is 0 Å². The fourth-order valence-corrected chi connectivity index (χ4v) is 2.40. The Morgan fingerprint density at radius 2 is 1.74 bits per heavy atom. The smallest absolute Gasteiger partial charge is 0.311 e. The number of hydrogen-bond acceptors (Lipinski definition) is 5. The summed E-state index contributed by atoms with van der Waals surface area (Å²) in [5.41, 5.74) is 0.947. The van der Waals surface area contributed by atoms with Crippen LogP contribution in [0, 0.1) is 10.1 Å². The number of pyridine rings is 1. The van der Waals surface area contributed by atoms with Crippen molar-refractivity contribution in [2.75, 3.05) is 32.1 Å². The largest absolute Gasteiger partial charge is 0.321 e. The van der Waals surface area contributed by atoms with Gasteiger partial charge in [-0.3, -0.25) is 10.1 Å². The second-order valence-corrected chi connectivity index (χ2v) is 5.60. The summed E-state index contributed by atoms with van der Waals surface area (Å²) in [7, 11) is 4.08. The molecule has 6 nitrogen and oxygen atoms in total. The molecular weight excluding hydrogens is 292 g/mol. The summed E-state index contributed by atoms with van der Waals surface area (Å²) < 4.78 is 0. The van der Waals surface area contributed by atoms with Gasteiger partial charge in [0.2, 0.25) is 5.82 Å². The van der Waals surface area contributed by atoms with E-state index >= 15 is 0 Å². The topological polar surface area (TPSA) is 62.5 Å². The predicted molar refractivity (Wildman–Crippen MR) is 92.1 cm³/mol. The quantitative estimate of drug-likeness (QED) is 0.424. The highest BCUT2D eigenvalue weighted by atomic mass is 16.6. The Balaban J connectivity index is 2.25. The molecule has 0 radical (unpaired) electrons. The minimum atomic E-state index is -0.377. The number of rotatable bonds is 8. The van der Waals surface area contributed by atoms with Crippen molar-refractivity contribution in [1.29, 1.82) is 0 Å². The molecule has 0 unspecified atom stereocenters. The molecule has 0 atom stereocenters. The Hall–Kier alpha value is -2.47. The van der Waals surface area contributed by atoms with Gasteiger partial charge >= 0.3 is 5.69 Å². The highest BCUT2D eigenvalue weighted by Crippen LogP contribution is 2.31. The van der Waals surface area contributed by atoms with Gasteiger partial charge in [-0.1, -0.05) is 18.2 Å². The average molecular weight is 314 g/mol. The van der Waals surface area contributed by atoms with Crippen LogP contribution < -0.4 is 4.90 Å². The molecule has 1 heterocycles. The van der Waals surface area contributed by atoms with Crippen molar-refractivity contribution >= 4 is 17.2 Å². The summed E-state index contributed by atoms with van der Waals surface area (Å²) in [6.07, 6.45) is 3.55. The Labute approximate surface area is 136 Å². The van der Waals surface area contributed by atoms with Gasteiger partial charge in [0, 0.05) is 24.5 Å². The number of anilines is 2. The maximum absolute atomic E-state index is 11.3. The molecule has 1 aromatic carbocycles. The molecule has 6 heteroatoms. The van der Waals surface area contributed by atoms with Gasteiger partial charge in [0.15, 0.2) is 0 Å². The number of nitro groups is 1. The molecule has 0 bridgehead atoms. The molecule has 0 aliphatic carbocycles. The average Bonchev–Trinajstić information content (AvgIpc) is 2.55. The molecule has 0 amide bonds. The predicted octanol–water partition coefficient (Wildman–Crippen LogP) is 3.47. The summed E-state index contributed by atoms with van der Waals surface area (Å²) in [5.74, 6) is 0.397. The van der Waals surface area contributed by atoms with Gasteiger partial charge < -0.3 is 9.80 Å². The fourth-order valence-electron chi connectivity index (χ4n) is 2.40. The zero-order chi connectivity index (χ0) is 16.7. The zero-order valence-corrected chi connectivity index (χ0v) is 13.6. The van der Waals surface area contributed by atoms with Gasteiger partial charge in [-0.05, 0) is 51.7 Å². The van der Waals surface area contributed by atoms with Crippen LogP contribution in [0.4, 0.5) is 17.2 Å². The number of para-hydroxylation sites is 1. The van der Waals surface area contributed by atoms with E-state index in [0.29, 0.717) is 12.4 Å². The number of aromatic nitrogens is 1. The minimum absolute atomic E-state index is 0.0314. The lowest BCUT2D eigenvalue weighted by molar-refractivity contribution is -0.384. The lowest BCUT2D eigenvalue weighted by atomic mass is 10.2. The van der Waals surface area contributed by atoms with Crippen LogP contribution in [-0.4, -0.2) is 42.0 Å². The third-order valence-electron chi connectivity index (χ3n) is 3.52. The lowest BCUT2D eigenvalue weighted by Gasteiger charge is -2.23. The highest BCUT2D eigenvalue weighted by molar-refractivity contribution is 5.67. The third kappa shape index (κ3) is 4.75. The van der Waals surface area contributed by atoms with E-state index in [4.69, 9.17) is 0 Å². The first-order valence-corrected chi connectivity index (χ1v) is 7.66. The first-order valence-electron chi connectivity index (χ1n) is 7.66. The van der Waals surface area contributed by atoms with Crippen LogP contribution in [0.15, 0.2) is 48.7 Å². The van der Waals surface area contributed by atoms with E-state index in [2.05, 4.69) is 9.88 Å². The molecular formula is C17H22N4O2. The van der Waals surface area contributed by atoms with Crippen molar-refractivity contribution in [2.24, 2.45) is 0 Å². The van der Waals surface area contributed by atoms with Crippen LogP contribution in [0.25, 0.3) is 0 Å². The second-order valence-electron chi connectivity index (χ2n) is 5.60. The van der Waals surface area contributed by atoms with Gasteiger partial charge in [-0.25, -0.2) is 4.98 Å².